The molecule has 7 heteroatoms. The minimum Gasteiger partial charge on any atom is -0.444 e. The van der Waals surface area contributed by atoms with Gasteiger partial charge < -0.3 is 21.5 Å². The smallest absolute Gasteiger partial charge is 0.407 e. The number of nitrogens with zero attached hydrogens (tertiary/aromatic N) is 2. The van der Waals surface area contributed by atoms with Crippen molar-refractivity contribution in [1.82, 2.24) is 15.3 Å². The van der Waals surface area contributed by atoms with E-state index in [0.717, 1.165) is 61.0 Å². The van der Waals surface area contributed by atoms with E-state index in [-0.39, 0.29) is 6.09 Å². The minimum atomic E-state index is -0.499. The molecule has 2 aromatic heterocycles. The first-order valence-electron chi connectivity index (χ1n) is 13.0. The molecule has 37 heavy (non-hydrogen) atoms. The Kier molecular flexibility index (Phi) is 9.50. The number of aryl methyl sites for hydroxylation is 7. The molecule has 0 saturated carbocycles. The lowest BCUT2D eigenvalue weighted by molar-refractivity contribution is 0.0527. The van der Waals surface area contributed by atoms with E-state index >= 15 is 0 Å². The van der Waals surface area contributed by atoms with Gasteiger partial charge >= 0.3 is 6.09 Å². The SMILES string of the molecule is Cc1cc(N)nc(CCc2cc(CCCNC(=O)OC(C)(C)C)cc(CCc3cc(C)cc(N)n3)c2)c1. The van der Waals surface area contributed by atoms with Gasteiger partial charge in [-0.25, -0.2) is 14.8 Å². The fraction of sp³-hybridized carbons (Fsp3) is 0.433. The van der Waals surface area contributed by atoms with Gasteiger partial charge in [0.15, 0.2) is 0 Å². The van der Waals surface area contributed by atoms with E-state index in [0.29, 0.717) is 18.2 Å². The van der Waals surface area contributed by atoms with Crippen molar-refractivity contribution in [2.45, 2.75) is 78.7 Å². The van der Waals surface area contributed by atoms with Gasteiger partial charge in [0.2, 0.25) is 0 Å². The molecule has 0 aliphatic rings. The highest BCUT2D eigenvalue weighted by molar-refractivity contribution is 5.67. The van der Waals surface area contributed by atoms with Crippen LogP contribution in [-0.4, -0.2) is 28.2 Å². The highest BCUT2D eigenvalue weighted by Gasteiger charge is 2.15. The standard InChI is InChI=1S/C30H41N5O2/c1-20-13-25(34-27(31)15-20)10-8-23-17-22(7-6-12-33-29(36)37-30(3,4)5)18-24(19-23)9-11-26-14-21(2)16-28(32)35-26/h13-19H,6-12H2,1-5H3,(H2,31,34)(H2,32,35)(H,33,36). The van der Waals surface area contributed by atoms with Gasteiger partial charge in [-0.05, 0) is 125 Å². The van der Waals surface area contributed by atoms with E-state index < -0.39 is 5.60 Å². The molecule has 1 aromatic carbocycles. The molecule has 0 unspecified atom stereocenters. The zero-order chi connectivity index (χ0) is 27.0. The summed E-state index contributed by atoms with van der Waals surface area (Å²) in [6.45, 7) is 10.2. The lowest BCUT2D eigenvalue weighted by Crippen LogP contribution is -2.33. The Labute approximate surface area is 221 Å². The molecule has 0 aliphatic carbocycles. The van der Waals surface area contributed by atoms with E-state index in [1.807, 2.05) is 46.8 Å². The maximum atomic E-state index is 12.0. The zero-order valence-electron chi connectivity index (χ0n) is 22.9. The second-order valence-electron chi connectivity index (χ2n) is 10.8. The number of hydrogen-bond donors (Lipinski definition) is 3. The highest BCUT2D eigenvalue weighted by Crippen LogP contribution is 2.18. The third-order valence-electron chi connectivity index (χ3n) is 5.85. The fourth-order valence-corrected chi connectivity index (χ4v) is 4.41. The third-order valence-corrected chi connectivity index (χ3v) is 5.85. The molecule has 7 nitrogen and oxygen atoms in total. The molecule has 3 aromatic rings. The summed E-state index contributed by atoms with van der Waals surface area (Å²) >= 11 is 0. The molecular formula is C30H41N5O2. The second-order valence-corrected chi connectivity index (χ2v) is 10.8. The Morgan fingerprint density at radius 2 is 1.22 bits per heavy atom. The van der Waals surface area contributed by atoms with Crippen molar-refractivity contribution in [3.8, 4) is 0 Å². The maximum absolute atomic E-state index is 12.0. The first-order valence-corrected chi connectivity index (χ1v) is 13.0. The summed E-state index contributed by atoms with van der Waals surface area (Å²) < 4.78 is 5.33. The van der Waals surface area contributed by atoms with Gasteiger partial charge in [-0.2, -0.15) is 0 Å². The van der Waals surface area contributed by atoms with Crippen molar-refractivity contribution >= 4 is 17.7 Å². The molecule has 0 fully saturated rings. The molecule has 0 saturated heterocycles. The molecule has 0 atom stereocenters. The molecule has 5 N–H and O–H groups in total. The second kappa shape index (κ2) is 12.6. The van der Waals surface area contributed by atoms with Gasteiger partial charge in [0.1, 0.15) is 17.2 Å². The number of nitrogens with one attached hydrogen (secondary N) is 1. The number of anilines is 2. The van der Waals surface area contributed by atoms with Crippen LogP contribution in [0.1, 0.15) is 66.4 Å². The quantitative estimate of drug-likeness (QED) is 0.324. The predicted octanol–water partition coefficient (Wildman–Crippen LogP) is 5.29. The van der Waals surface area contributed by atoms with Crippen LogP contribution in [-0.2, 0) is 36.8 Å². The number of nitrogen functional groups attached to an aromatic ring is 2. The fourth-order valence-electron chi connectivity index (χ4n) is 4.41. The Hall–Kier alpha value is -3.61. The van der Waals surface area contributed by atoms with Crippen LogP contribution in [0.3, 0.4) is 0 Å². The lowest BCUT2D eigenvalue weighted by Gasteiger charge is -2.19. The summed E-state index contributed by atoms with van der Waals surface area (Å²) in [6, 6.07) is 14.8. The highest BCUT2D eigenvalue weighted by atomic mass is 16.6. The van der Waals surface area contributed by atoms with Gasteiger partial charge in [-0.3, -0.25) is 0 Å². The Morgan fingerprint density at radius 3 is 1.65 bits per heavy atom. The van der Waals surface area contributed by atoms with Crippen molar-refractivity contribution < 1.29 is 9.53 Å². The number of benzene rings is 1. The summed E-state index contributed by atoms with van der Waals surface area (Å²) in [5.41, 5.74) is 19.5. The average Bonchev–Trinajstić information content (AvgIpc) is 2.77. The molecule has 0 spiro atoms. The van der Waals surface area contributed by atoms with Gasteiger partial charge in [0.05, 0.1) is 0 Å². The summed E-state index contributed by atoms with van der Waals surface area (Å²) in [7, 11) is 0. The van der Waals surface area contributed by atoms with E-state index in [9.17, 15) is 4.79 Å². The first-order chi connectivity index (χ1) is 17.4. The molecule has 2 heterocycles. The van der Waals surface area contributed by atoms with Gasteiger partial charge in [0.25, 0.3) is 0 Å². The van der Waals surface area contributed by atoms with Crippen LogP contribution in [0.5, 0.6) is 0 Å². The Balaban J connectivity index is 1.68. The van der Waals surface area contributed by atoms with E-state index in [4.69, 9.17) is 16.2 Å². The topological polar surface area (TPSA) is 116 Å². The minimum absolute atomic E-state index is 0.378. The molecule has 1 amide bonds. The summed E-state index contributed by atoms with van der Waals surface area (Å²) in [5, 5.41) is 2.85. The number of rotatable bonds is 10. The van der Waals surface area contributed by atoms with Crippen LogP contribution < -0.4 is 16.8 Å². The predicted molar refractivity (Wildman–Crippen MR) is 151 cm³/mol. The van der Waals surface area contributed by atoms with Gasteiger partial charge in [-0.1, -0.05) is 18.2 Å². The van der Waals surface area contributed by atoms with Crippen LogP contribution >= 0.6 is 0 Å². The first kappa shape index (κ1) is 28.0. The number of aromatic nitrogens is 2. The monoisotopic (exact) mass is 503 g/mol. The molecule has 3 rings (SSSR count). The number of amides is 1. The number of pyridine rings is 2. The number of hydrogen-bond acceptors (Lipinski definition) is 6. The largest absolute Gasteiger partial charge is 0.444 e. The van der Waals surface area contributed by atoms with Crippen molar-refractivity contribution in [3.05, 3.63) is 81.7 Å². The molecule has 0 bridgehead atoms. The average molecular weight is 504 g/mol. The van der Waals surface area contributed by atoms with Gasteiger partial charge in [-0.15, -0.1) is 0 Å². The Bertz CT molecular complexity index is 1100. The van der Waals surface area contributed by atoms with Crippen LogP contribution in [0.15, 0.2) is 42.5 Å². The van der Waals surface area contributed by atoms with Crippen LogP contribution in [0.2, 0.25) is 0 Å². The van der Waals surface area contributed by atoms with E-state index in [2.05, 4.69) is 45.6 Å². The van der Waals surface area contributed by atoms with Crippen molar-refractivity contribution in [3.63, 3.8) is 0 Å². The normalized spacial score (nSPS) is 11.4. The molecule has 198 valence electrons. The molecule has 0 aliphatic heterocycles. The molecular weight excluding hydrogens is 462 g/mol. The van der Waals surface area contributed by atoms with Crippen LogP contribution in [0, 0.1) is 13.8 Å². The summed E-state index contributed by atoms with van der Waals surface area (Å²) in [6.07, 6.45) is 4.72. The molecule has 0 radical (unpaired) electrons. The van der Waals surface area contributed by atoms with E-state index in [1.165, 1.54) is 16.7 Å². The number of carbonyl (C=O) groups is 1. The maximum Gasteiger partial charge on any atom is 0.407 e. The number of nitrogens with two attached hydrogens (primary N) is 2. The van der Waals surface area contributed by atoms with Crippen LogP contribution in [0.25, 0.3) is 0 Å². The van der Waals surface area contributed by atoms with E-state index in [1.54, 1.807) is 0 Å². The van der Waals surface area contributed by atoms with Crippen molar-refractivity contribution in [2.75, 3.05) is 18.0 Å². The number of ether oxygens (including phenoxy) is 1. The van der Waals surface area contributed by atoms with Crippen molar-refractivity contribution in [2.24, 2.45) is 0 Å². The lowest BCUT2D eigenvalue weighted by atomic mass is 9.96. The summed E-state index contributed by atoms with van der Waals surface area (Å²) in [4.78, 5) is 20.9. The third kappa shape index (κ3) is 10.1. The van der Waals surface area contributed by atoms with Gasteiger partial charge in [0, 0.05) is 17.9 Å². The zero-order valence-corrected chi connectivity index (χ0v) is 22.9. The Morgan fingerprint density at radius 1 is 0.757 bits per heavy atom. The van der Waals surface area contributed by atoms with Crippen LogP contribution in [0.4, 0.5) is 16.4 Å². The van der Waals surface area contributed by atoms with Crippen molar-refractivity contribution in [1.29, 1.82) is 0 Å². The number of alkyl carbamates (subject to hydrolysis) is 1. The summed E-state index contributed by atoms with van der Waals surface area (Å²) in [5.74, 6) is 1.12. The number of carbonyl (C=O) groups excluding carboxylic acids is 1.